The third-order valence-corrected chi connectivity index (χ3v) is 6.26. The number of hydrogen-bond acceptors (Lipinski definition) is 5. The lowest BCUT2D eigenvalue weighted by Crippen LogP contribution is -2.78. The number of likely N-dealkylation sites (tertiary alicyclic amines) is 1. The molecular weight excluding hydrogens is 472 g/mol. The number of anilines is 1. The van der Waals surface area contributed by atoms with Gasteiger partial charge in [-0.15, -0.1) is 0 Å². The maximum atomic E-state index is 14.7. The van der Waals surface area contributed by atoms with Crippen LogP contribution in [0.1, 0.15) is 38.7 Å². The zero-order valence-electron chi connectivity index (χ0n) is 18.7. The molecule has 4 amide bonds. The van der Waals surface area contributed by atoms with Crippen LogP contribution in [-0.2, 0) is 15.8 Å². The fraction of sp³-hybridized carbons (Fsp3) is 0.409. The van der Waals surface area contributed by atoms with Crippen LogP contribution in [0, 0.1) is 11.7 Å². The minimum atomic E-state index is -4.88. The summed E-state index contributed by atoms with van der Waals surface area (Å²) in [6, 6.07) is 2.64. The molecule has 1 saturated heterocycles. The molecule has 1 aromatic heterocycles. The van der Waals surface area contributed by atoms with Crippen LogP contribution < -0.4 is 16.2 Å². The first-order valence-electron chi connectivity index (χ1n) is 10.8. The number of fused-ring (bicyclic) bond motifs is 2. The number of nitrogens with zero attached hydrogens (tertiary/aromatic N) is 3. The summed E-state index contributed by atoms with van der Waals surface area (Å²) in [6.07, 6.45) is -2.35. The van der Waals surface area contributed by atoms with Crippen molar-refractivity contribution in [1.82, 2.24) is 25.9 Å². The van der Waals surface area contributed by atoms with Gasteiger partial charge in [-0.25, -0.2) is 9.18 Å². The minimum Gasteiger partial charge on any atom is -0.307 e. The maximum Gasteiger partial charge on any atom is 0.417 e. The number of piperidine rings is 1. The van der Waals surface area contributed by atoms with Crippen molar-refractivity contribution in [3.63, 3.8) is 0 Å². The summed E-state index contributed by atoms with van der Waals surface area (Å²) < 4.78 is 55.5. The highest BCUT2D eigenvalue weighted by Gasteiger charge is 2.62. The van der Waals surface area contributed by atoms with Crippen LogP contribution in [0.5, 0.6) is 0 Å². The number of carbonyl (C=O) groups excluding carboxylic acids is 3. The molecule has 13 heteroatoms. The topological polar surface area (TPSA) is 116 Å². The van der Waals surface area contributed by atoms with Crippen LogP contribution in [0.15, 0.2) is 30.5 Å². The van der Waals surface area contributed by atoms with Crippen molar-refractivity contribution in [3.05, 3.63) is 41.8 Å². The SMILES string of the molecule is CC(=O)NNC(=O)C12CC(C)CC(C1)N2C(=O)Nc1cc(-c2cccnn2)c(C(F)(F)F)cc1F. The first kappa shape index (κ1) is 24.4. The predicted molar refractivity (Wildman–Crippen MR) is 115 cm³/mol. The Labute approximate surface area is 197 Å². The van der Waals surface area contributed by atoms with Crippen molar-refractivity contribution in [2.75, 3.05) is 5.32 Å². The van der Waals surface area contributed by atoms with Gasteiger partial charge in [-0.05, 0) is 43.0 Å². The van der Waals surface area contributed by atoms with Crippen molar-refractivity contribution in [2.45, 2.75) is 50.9 Å². The Morgan fingerprint density at radius 1 is 1.17 bits per heavy atom. The Bertz CT molecular complexity index is 1180. The first-order chi connectivity index (χ1) is 16.4. The van der Waals surface area contributed by atoms with E-state index in [1.165, 1.54) is 30.2 Å². The molecule has 2 aromatic rings. The van der Waals surface area contributed by atoms with Crippen molar-refractivity contribution in [3.8, 4) is 11.3 Å². The second kappa shape index (κ2) is 8.78. The fourth-order valence-corrected chi connectivity index (χ4v) is 4.96. The molecule has 0 spiro atoms. The molecule has 0 radical (unpaired) electrons. The highest BCUT2D eigenvalue weighted by atomic mass is 19.4. The zero-order chi connectivity index (χ0) is 25.5. The Hall–Kier alpha value is -3.77. The lowest BCUT2D eigenvalue weighted by Gasteiger charge is -2.61. The van der Waals surface area contributed by atoms with Crippen LogP contribution >= 0.6 is 0 Å². The van der Waals surface area contributed by atoms with Gasteiger partial charge in [0.15, 0.2) is 0 Å². The average molecular weight is 494 g/mol. The van der Waals surface area contributed by atoms with E-state index < -0.39 is 52.2 Å². The Balaban J connectivity index is 1.65. The highest BCUT2D eigenvalue weighted by Crippen LogP contribution is 2.50. The smallest absolute Gasteiger partial charge is 0.307 e. The number of carbonyl (C=O) groups is 3. The van der Waals surface area contributed by atoms with E-state index >= 15 is 0 Å². The van der Waals surface area contributed by atoms with Gasteiger partial charge in [-0.3, -0.25) is 20.4 Å². The van der Waals surface area contributed by atoms with Crippen molar-refractivity contribution >= 4 is 23.5 Å². The lowest BCUT2D eigenvalue weighted by molar-refractivity contribution is -0.157. The largest absolute Gasteiger partial charge is 0.417 e. The van der Waals surface area contributed by atoms with Gasteiger partial charge in [0.25, 0.3) is 5.91 Å². The molecule has 1 aliphatic heterocycles. The molecule has 9 nitrogen and oxygen atoms in total. The number of alkyl halides is 3. The van der Waals surface area contributed by atoms with Gasteiger partial charge in [0.05, 0.1) is 16.9 Å². The Kier molecular flexibility index (Phi) is 6.11. The third kappa shape index (κ3) is 4.49. The van der Waals surface area contributed by atoms with E-state index in [9.17, 15) is 31.9 Å². The molecule has 2 fully saturated rings. The van der Waals surface area contributed by atoms with Gasteiger partial charge in [0.1, 0.15) is 11.4 Å². The number of rotatable bonds is 3. The van der Waals surface area contributed by atoms with Crippen LogP contribution in [0.3, 0.4) is 0 Å². The Morgan fingerprint density at radius 3 is 2.54 bits per heavy atom. The van der Waals surface area contributed by atoms with Gasteiger partial charge < -0.3 is 10.2 Å². The molecule has 3 N–H and O–H groups in total. The molecule has 2 bridgehead atoms. The molecule has 1 saturated carbocycles. The first-order valence-corrected chi connectivity index (χ1v) is 10.8. The second-order valence-electron chi connectivity index (χ2n) is 8.85. The van der Waals surface area contributed by atoms with E-state index in [1.807, 2.05) is 6.92 Å². The van der Waals surface area contributed by atoms with E-state index in [-0.39, 0.29) is 23.7 Å². The number of halogens is 4. The number of hydrazine groups is 1. The van der Waals surface area contributed by atoms with Crippen LogP contribution in [0.4, 0.5) is 28.0 Å². The molecule has 35 heavy (non-hydrogen) atoms. The van der Waals surface area contributed by atoms with Crippen LogP contribution in [0.25, 0.3) is 11.3 Å². The molecule has 2 heterocycles. The minimum absolute atomic E-state index is 0.104. The normalized spacial score (nSPS) is 23.2. The van der Waals surface area contributed by atoms with Crippen molar-refractivity contribution in [2.24, 2.45) is 5.92 Å². The number of amides is 4. The monoisotopic (exact) mass is 494 g/mol. The molecule has 1 aliphatic carbocycles. The number of nitrogens with one attached hydrogen (secondary N) is 3. The quantitative estimate of drug-likeness (QED) is 0.448. The van der Waals surface area contributed by atoms with Crippen molar-refractivity contribution in [1.29, 1.82) is 0 Å². The van der Waals surface area contributed by atoms with E-state index in [4.69, 9.17) is 0 Å². The van der Waals surface area contributed by atoms with Gasteiger partial charge in [-0.1, -0.05) is 6.92 Å². The van der Waals surface area contributed by atoms with E-state index in [2.05, 4.69) is 26.4 Å². The summed E-state index contributed by atoms with van der Waals surface area (Å²) in [6.45, 7) is 3.13. The molecule has 4 rings (SSSR count). The molecule has 1 aromatic carbocycles. The summed E-state index contributed by atoms with van der Waals surface area (Å²) in [5, 5.41) is 9.57. The van der Waals surface area contributed by atoms with Gasteiger partial charge in [-0.2, -0.15) is 23.4 Å². The van der Waals surface area contributed by atoms with E-state index in [0.717, 1.165) is 6.07 Å². The molecule has 2 aliphatic rings. The number of aromatic nitrogens is 2. The van der Waals surface area contributed by atoms with Crippen LogP contribution in [-0.4, -0.2) is 44.5 Å². The maximum absolute atomic E-state index is 14.7. The highest BCUT2D eigenvalue weighted by molar-refractivity contribution is 5.99. The number of urea groups is 1. The number of hydrogen-bond donors (Lipinski definition) is 3. The summed E-state index contributed by atoms with van der Waals surface area (Å²) in [5.41, 5.74) is 0.827. The lowest BCUT2D eigenvalue weighted by atomic mass is 9.64. The van der Waals surface area contributed by atoms with E-state index in [1.54, 1.807) is 0 Å². The van der Waals surface area contributed by atoms with E-state index in [0.29, 0.717) is 19.3 Å². The third-order valence-electron chi connectivity index (χ3n) is 6.26. The summed E-state index contributed by atoms with van der Waals surface area (Å²) in [7, 11) is 0. The molecule has 186 valence electrons. The summed E-state index contributed by atoms with van der Waals surface area (Å²) in [5.74, 6) is -2.30. The van der Waals surface area contributed by atoms with Crippen molar-refractivity contribution < 1.29 is 31.9 Å². The molecule has 3 atom stereocenters. The van der Waals surface area contributed by atoms with Gasteiger partial charge in [0.2, 0.25) is 5.91 Å². The molecular formula is C22H22F4N6O3. The van der Waals surface area contributed by atoms with Gasteiger partial charge in [0, 0.05) is 31.1 Å². The number of benzene rings is 1. The van der Waals surface area contributed by atoms with Crippen LogP contribution in [0.2, 0.25) is 0 Å². The van der Waals surface area contributed by atoms with Gasteiger partial charge >= 0.3 is 12.2 Å². The average Bonchev–Trinajstić information content (AvgIpc) is 2.77. The standard InChI is InChI=1S/C22H22F4N6O3/c1-11-6-13-10-21(9-11,19(34)31-29-12(2)33)32(13)20(35)28-18-7-14(17-4-3-5-27-30-17)15(8-16(18)23)22(24,25)26/h3-5,7-8,11,13H,6,9-10H2,1-2H3,(H,28,35)(H,29,33)(H,31,34). The summed E-state index contributed by atoms with van der Waals surface area (Å²) in [4.78, 5) is 38.5. The predicted octanol–water partition coefficient (Wildman–Crippen LogP) is 3.24. The Morgan fingerprint density at radius 2 is 1.91 bits per heavy atom. The zero-order valence-corrected chi connectivity index (χ0v) is 18.7. The molecule has 3 unspecified atom stereocenters. The second-order valence-corrected chi connectivity index (χ2v) is 8.85. The fourth-order valence-electron chi connectivity index (χ4n) is 4.96. The summed E-state index contributed by atoms with van der Waals surface area (Å²) >= 11 is 0.